The summed E-state index contributed by atoms with van der Waals surface area (Å²) in [5.41, 5.74) is 12.0. The summed E-state index contributed by atoms with van der Waals surface area (Å²) in [6, 6.07) is 5.01. The maximum absolute atomic E-state index is 11.4. The number of hydrogen-bond donors (Lipinski definition) is 1. The Hall–Kier alpha value is -1.35. The fraction of sp³-hybridized carbons (Fsp3) is 0.682. The van der Waals surface area contributed by atoms with Gasteiger partial charge in [-0.05, 0) is 73.6 Å². The molecule has 1 aliphatic rings. The maximum atomic E-state index is 11.4. The number of aryl methyl sites for hydroxylation is 1. The van der Waals surface area contributed by atoms with Gasteiger partial charge in [-0.25, -0.2) is 0 Å². The molecule has 2 N–H and O–H groups in total. The maximum Gasteiger partial charge on any atom is 0.305 e. The standard InChI is InChI=1S/C20H31NO2.C2H6/c1-4-14(3)18-11-15(8-6-7-9-20(22)23-5-2)10-16-12-17(21)13-19(16)18;1-2/h10-11,14,17H,4-9,12-13,21H2,1-3H3;1-2H3. The summed E-state index contributed by atoms with van der Waals surface area (Å²) in [5.74, 6) is 0.515. The van der Waals surface area contributed by atoms with E-state index in [4.69, 9.17) is 10.5 Å². The Morgan fingerprint density at radius 1 is 1.24 bits per heavy atom. The first-order chi connectivity index (χ1) is 12.0. The molecule has 0 bridgehead atoms. The molecule has 0 aromatic heterocycles. The van der Waals surface area contributed by atoms with E-state index >= 15 is 0 Å². The summed E-state index contributed by atoms with van der Waals surface area (Å²) < 4.78 is 4.98. The van der Waals surface area contributed by atoms with Crippen molar-refractivity contribution in [3.63, 3.8) is 0 Å². The lowest BCUT2D eigenvalue weighted by Gasteiger charge is -2.17. The van der Waals surface area contributed by atoms with Crippen LogP contribution < -0.4 is 5.73 Å². The number of fused-ring (bicyclic) bond motifs is 1. The van der Waals surface area contributed by atoms with Crippen molar-refractivity contribution in [2.45, 2.75) is 91.5 Å². The fourth-order valence-corrected chi connectivity index (χ4v) is 3.51. The van der Waals surface area contributed by atoms with Crippen molar-refractivity contribution in [3.05, 3.63) is 34.4 Å². The Morgan fingerprint density at radius 2 is 1.96 bits per heavy atom. The molecule has 1 aromatic carbocycles. The first-order valence-electron chi connectivity index (χ1n) is 10.1. The Bertz CT molecular complexity index is 539. The topological polar surface area (TPSA) is 52.3 Å². The minimum atomic E-state index is -0.0762. The van der Waals surface area contributed by atoms with Gasteiger partial charge in [0.05, 0.1) is 6.61 Å². The Morgan fingerprint density at radius 3 is 2.60 bits per heavy atom. The molecule has 0 fully saturated rings. The number of ether oxygens (including phenoxy) is 1. The van der Waals surface area contributed by atoms with Crippen LogP contribution in [-0.4, -0.2) is 18.6 Å². The van der Waals surface area contributed by atoms with E-state index in [1.54, 1.807) is 0 Å². The first kappa shape index (κ1) is 21.7. The number of carbonyl (C=O) groups excluding carboxylic acids is 1. The average molecular weight is 348 g/mol. The van der Waals surface area contributed by atoms with Crippen molar-refractivity contribution < 1.29 is 9.53 Å². The van der Waals surface area contributed by atoms with E-state index in [1.807, 2.05) is 20.8 Å². The van der Waals surface area contributed by atoms with Crippen molar-refractivity contribution in [1.82, 2.24) is 0 Å². The quantitative estimate of drug-likeness (QED) is 0.536. The van der Waals surface area contributed by atoms with Crippen molar-refractivity contribution >= 4 is 5.97 Å². The second kappa shape index (κ2) is 11.3. The molecule has 3 heteroatoms. The van der Waals surface area contributed by atoms with Crippen LogP contribution in [0.5, 0.6) is 0 Å². The van der Waals surface area contributed by atoms with Crippen molar-refractivity contribution in [3.8, 4) is 0 Å². The van der Waals surface area contributed by atoms with Crippen LogP contribution in [0, 0.1) is 0 Å². The third kappa shape index (κ3) is 6.47. The van der Waals surface area contributed by atoms with Gasteiger partial charge in [-0.1, -0.05) is 39.8 Å². The highest BCUT2D eigenvalue weighted by Gasteiger charge is 2.23. The van der Waals surface area contributed by atoms with Crippen LogP contribution in [0.15, 0.2) is 12.1 Å². The number of benzene rings is 1. The van der Waals surface area contributed by atoms with Gasteiger partial charge in [-0.3, -0.25) is 4.79 Å². The fourth-order valence-electron chi connectivity index (χ4n) is 3.51. The van der Waals surface area contributed by atoms with Gasteiger partial charge < -0.3 is 10.5 Å². The van der Waals surface area contributed by atoms with E-state index in [1.165, 1.54) is 22.3 Å². The van der Waals surface area contributed by atoms with E-state index in [0.29, 0.717) is 18.9 Å². The normalized spacial score (nSPS) is 16.6. The monoisotopic (exact) mass is 347 g/mol. The third-order valence-corrected chi connectivity index (χ3v) is 4.93. The van der Waals surface area contributed by atoms with Gasteiger partial charge in [0.25, 0.3) is 0 Å². The van der Waals surface area contributed by atoms with Crippen LogP contribution in [0.1, 0.15) is 88.5 Å². The molecule has 142 valence electrons. The van der Waals surface area contributed by atoms with E-state index in [2.05, 4.69) is 26.0 Å². The zero-order valence-electron chi connectivity index (χ0n) is 16.9. The zero-order valence-corrected chi connectivity index (χ0v) is 16.9. The lowest BCUT2D eigenvalue weighted by molar-refractivity contribution is -0.143. The molecule has 25 heavy (non-hydrogen) atoms. The molecule has 0 saturated heterocycles. The average Bonchev–Trinajstić information content (AvgIpc) is 2.99. The summed E-state index contributed by atoms with van der Waals surface area (Å²) >= 11 is 0. The number of unbranched alkanes of at least 4 members (excludes halogenated alkanes) is 1. The predicted octanol–water partition coefficient (Wildman–Crippen LogP) is 4.93. The van der Waals surface area contributed by atoms with E-state index < -0.39 is 0 Å². The van der Waals surface area contributed by atoms with Crippen LogP contribution in [-0.2, 0) is 28.8 Å². The first-order valence-corrected chi connectivity index (χ1v) is 10.1. The van der Waals surface area contributed by atoms with Crippen molar-refractivity contribution in [1.29, 1.82) is 0 Å². The van der Waals surface area contributed by atoms with Gasteiger partial charge >= 0.3 is 5.97 Å². The molecule has 2 atom stereocenters. The van der Waals surface area contributed by atoms with Gasteiger partial charge in [0.1, 0.15) is 0 Å². The minimum absolute atomic E-state index is 0.0762. The molecule has 2 rings (SSSR count). The second-order valence-corrected chi connectivity index (χ2v) is 6.81. The highest BCUT2D eigenvalue weighted by atomic mass is 16.5. The second-order valence-electron chi connectivity index (χ2n) is 6.81. The van der Waals surface area contributed by atoms with Crippen molar-refractivity contribution in [2.75, 3.05) is 6.61 Å². The lowest BCUT2D eigenvalue weighted by atomic mass is 9.88. The number of hydrogen-bond acceptors (Lipinski definition) is 3. The summed E-state index contributed by atoms with van der Waals surface area (Å²) in [4.78, 5) is 11.4. The largest absolute Gasteiger partial charge is 0.466 e. The van der Waals surface area contributed by atoms with Gasteiger partial charge in [0.2, 0.25) is 0 Å². The van der Waals surface area contributed by atoms with Crippen LogP contribution in [0.4, 0.5) is 0 Å². The molecule has 3 nitrogen and oxygen atoms in total. The molecule has 2 unspecified atom stereocenters. The highest BCUT2D eigenvalue weighted by Crippen LogP contribution is 2.33. The van der Waals surface area contributed by atoms with Gasteiger partial charge in [-0.15, -0.1) is 0 Å². The van der Waals surface area contributed by atoms with Gasteiger partial charge in [-0.2, -0.15) is 0 Å². The number of rotatable bonds is 8. The minimum Gasteiger partial charge on any atom is -0.466 e. The molecular formula is C22H37NO2. The summed E-state index contributed by atoms with van der Waals surface area (Å²) in [6.45, 7) is 10.9. The highest BCUT2D eigenvalue weighted by molar-refractivity contribution is 5.69. The Kier molecular flexibility index (Phi) is 9.81. The van der Waals surface area contributed by atoms with Gasteiger partial charge in [0, 0.05) is 12.5 Å². The van der Waals surface area contributed by atoms with Gasteiger partial charge in [0.15, 0.2) is 0 Å². The lowest BCUT2D eigenvalue weighted by Crippen LogP contribution is -2.19. The molecule has 0 heterocycles. The molecule has 1 aliphatic carbocycles. The number of carbonyl (C=O) groups is 1. The van der Waals surface area contributed by atoms with Crippen LogP contribution in [0.25, 0.3) is 0 Å². The summed E-state index contributed by atoms with van der Waals surface area (Å²) in [7, 11) is 0. The zero-order chi connectivity index (χ0) is 18.8. The number of nitrogens with two attached hydrogens (primary N) is 1. The molecule has 0 radical (unpaired) electrons. The smallest absolute Gasteiger partial charge is 0.305 e. The third-order valence-electron chi connectivity index (χ3n) is 4.93. The molecule has 0 saturated carbocycles. The summed E-state index contributed by atoms with van der Waals surface area (Å²) in [5, 5.41) is 0. The van der Waals surface area contributed by atoms with E-state index in [-0.39, 0.29) is 12.0 Å². The molecule has 0 spiro atoms. The van der Waals surface area contributed by atoms with Crippen molar-refractivity contribution in [2.24, 2.45) is 5.73 Å². The Balaban J connectivity index is 0.00000151. The van der Waals surface area contributed by atoms with E-state index in [9.17, 15) is 4.79 Å². The number of esters is 1. The van der Waals surface area contributed by atoms with Crippen LogP contribution in [0.2, 0.25) is 0 Å². The van der Waals surface area contributed by atoms with E-state index in [0.717, 1.165) is 38.5 Å². The van der Waals surface area contributed by atoms with Crippen LogP contribution in [0.3, 0.4) is 0 Å². The van der Waals surface area contributed by atoms with Crippen LogP contribution >= 0.6 is 0 Å². The Labute approximate surface area is 154 Å². The molecule has 0 amide bonds. The summed E-state index contributed by atoms with van der Waals surface area (Å²) in [6.07, 6.45) is 6.69. The predicted molar refractivity (Wildman–Crippen MR) is 106 cm³/mol. The molecule has 1 aromatic rings. The molecular weight excluding hydrogens is 310 g/mol. The SMILES string of the molecule is CC.CCOC(=O)CCCCc1cc2c(c(C(C)CC)c1)CC(N)C2. The molecule has 0 aliphatic heterocycles.